The zero-order chi connectivity index (χ0) is 30.5. The molecule has 0 amide bonds. The van der Waals surface area contributed by atoms with Crippen LogP contribution in [-0.2, 0) is 20.7 Å². The van der Waals surface area contributed by atoms with E-state index < -0.39 is 53.1 Å². The van der Waals surface area contributed by atoms with Gasteiger partial charge in [0.15, 0.2) is 5.60 Å². The number of alkyl halides is 9. The van der Waals surface area contributed by atoms with E-state index in [1.807, 2.05) is 0 Å². The Hall–Kier alpha value is -1.83. The maximum absolute atomic E-state index is 13.4. The molecule has 0 saturated heterocycles. The lowest BCUT2D eigenvalue weighted by molar-refractivity contribution is -0.398. The molecule has 4 nitrogen and oxygen atoms in total. The van der Waals surface area contributed by atoms with Gasteiger partial charge in [0, 0.05) is 0 Å². The van der Waals surface area contributed by atoms with Crippen LogP contribution in [0.25, 0.3) is 5.57 Å². The summed E-state index contributed by atoms with van der Waals surface area (Å²) in [5, 5.41) is 19.8. The van der Waals surface area contributed by atoms with E-state index in [9.17, 15) is 49.7 Å². The predicted molar refractivity (Wildman–Crippen MR) is 122 cm³/mol. The highest BCUT2D eigenvalue weighted by Gasteiger charge is 2.74. The first-order chi connectivity index (χ1) is 16.6. The number of hydrogen-bond donors (Lipinski definition) is 2. The number of ether oxygens (including phenoxy) is 2. The summed E-state index contributed by atoms with van der Waals surface area (Å²) in [4.78, 5) is 0. The summed E-state index contributed by atoms with van der Waals surface area (Å²) in [6.07, 6.45) is -22.1. The zero-order valence-electron chi connectivity index (χ0n) is 22.2. The molecule has 0 aromatic heterocycles. The summed E-state index contributed by atoms with van der Waals surface area (Å²) in [7, 11) is 0. The standard InChI is InChI=1S/C25H33F9O4/c1-13(2)16-11-10-12-17(18(16)20(7,8)37-14(3)21(9,35)23(26,27)28)19(5,6)38-15(4)22(36,24(29,30)31)25(32,33)34/h10-12,14-15,35-36H,1H2,2-9H3. The van der Waals surface area contributed by atoms with Gasteiger partial charge in [0.2, 0.25) is 0 Å². The van der Waals surface area contributed by atoms with Gasteiger partial charge in [0.25, 0.3) is 5.60 Å². The lowest BCUT2D eigenvalue weighted by Crippen LogP contribution is -2.64. The van der Waals surface area contributed by atoms with E-state index in [1.54, 1.807) is 0 Å². The van der Waals surface area contributed by atoms with Gasteiger partial charge >= 0.3 is 18.5 Å². The van der Waals surface area contributed by atoms with E-state index in [2.05, 4.69) is 6.58 Å². The Morgan fingerprint density at radius 2 is 1.16 bits per heavy atom. The molecule has 0 heterocycles. The van der Waals surface area contributed by atoms with Crippen molar-refractivity contribution in [3.05, 3.63) is 41.5 Å². The Morgan fingerprint density at radius 3 is 1.53 bits per heavy atom. The molecular formula is C25H33F9O4. The molecule has 220 valence electrons. The second-order valence-electron chi connectivity index (χ2n) is 10.5. The molecule has 1 rings (SSSR count). The first kappa shape index (κ1) is 34.2. The molecule has 2 N–H and O–H groups in total. The van der Waals surface area contributed by atoms with Gasteiger partial charge in [0.1, 0.15) is 6.10 Å². The van der Waals surface area contributed by atoms with Crippen LogP contribution in [0.3, 0.4) is 0 Å². The molecule has 1 aromatic rings. The second kappa shape index (κ2) is 10.3. The predicted octanol–water partition coefficient (Wildman–Crippen LogP) is 7.17. The van der Waals surface area contributed by atoms with Crippen molar-refractivity contribution in [2.75, 3.05) is 0 Å². The molecule has 0 bridgehead atoms. The molecule has 0 spiro atoms. The van der Waals surface area contributed by atoms with Crippen LogP contribution < -0.4 is 0 Å². The summed E-state index contributed by atoms with van der Waals surface area (Å²) < 4.78 is 132. The van der Waals surface area contributed by atoms with Crippen LogP contribution >= 0.6 is 0 Å². The van der Waals surface area contributed by atoms with Gasteiger partial charge in [0.05, 0.1) is 17.3 Å². The van der Waals surface area contributed by atoms with Crippen molar-refractivity contribution in [1.29, 1.82) is 0 Å². The van der Waals surface area contributed by atoms with Crippen molar-refractivity contribution in [3.63, 3.8) is 0 Å². The van der Waals surface area contributed by atoms with Crippen molar-refractivity contribution >= 4 is 5.57 Å². The maximum atomic E-state index is 13.4. The molecule has 0 aliphatic heterocycles. The average Bonchev–Trinajstić information content (AvgIpc) is 2.69. The van der Waals surface area contributed by atoms with Crippen molar-refractivity contribution in [1.82, 2.24) is 0 Å². The summed E-state index contributed by atoms with van der Waals surface area (Å²) in [5.74, 6) is 0. The highest BCUT2D eigenvalue weighted by Crippen LogP contribution is 2.49. The molecule has 0 aliphatic carbocycles. The van der Waals surface area contributed by atoms with Gasteiger partial charge in [-0.05, 0) is 72.1 Å². The maximum Gasteiger partial charge on any atom is 0.428 e. The van der Waals surface area contributed by atoms with Gasteiger partial charge in [-0.25, -0.2) is 0 Å². The summed E-state index contributed by atoms with van der Waals surface area (Å²) in [6, 6.07) is 4.19. The van der Waals surface area contributed by atoms with E-state index in [1.165, 1.54) is 39.0 Å². The van der Waals surface area contributed by atoms with Crippen molar-refractivity contribution in [3.8, 4) is 0 Å². The van der Waals surface area contributed by atoms with Crippen molar-refractivity contribution in [2.24, 2.45) is 0 Å². The van der Waals surface area contributed by atoms with E-state index in [0.717, 1.165) is 20.8 Å². The van der Waals surface area contributed by atoms with Crippen LogP contribution in [0.5, 0.6) is 0 Å². The number of rotatable bonds is 9. The first-order valence-electron chi connectivity index (χ1n) is 11.4. The number of benzene rings is 1. The van der Waals surface area contributed by atoms with Crippen molar-refractivity contribution < 1.29 is 59.2 Å². The third kappa shape index (κ3) is 6.31. The minimum Gasteiger partial charge on any atom is -0.379 e. The molecule has 13 heteroatoms. The van der Waals surface area contributed by atoms with Crippen molar-refractivity contribution in [2.45, 2.75) is 109 Å². The summed E-state index contributed by atoms with van der Waals surface area (Å²) in [5.41, 5.74) is -11.6. The molecular weight excluding hydrogens is 535 g/mol. The quantitative estimate of drug-likeness (QED) is 0.310. The van der Waals surface area contributed by atoms with Crippen LogP contribution in [0.1, 0.15) is 72.1 Å². The van der Waals surface area contributed by atoms with E-state index in [-0.39, 0.29) is 16.7 Å². The van der Waals surface area contributed by atoms with E-state index in [0.29, 0.717) is 19.4 Å². The SMILES string of the molecule is C=C(C)c1cccc(C(C)(C)OC(C)C(O)(C(F)(F)F)C(F)(F)F)c1C(C)(C)OC(C)C(C)(O)C(F)(F)F. The molecule has 1 aromatic carbocycles. The molecule has 38 heavy (non-hydrogen) atoms. The van der Waals surface area contributed by atoms with E-state index >= 15 is 0 Å². The fourth-order valence-electron chi connectivity index (χ4n) is 4.12. The number of allylic oxidation sites excluding steroid dienone is 1. The van der Waals surface area contributed by atoms with Crippen LogP contribution in [0.4, 0.5) is 39.5 Å². The van der Waals surface area contributed by atoms with Gasteiger partial charge in [-0.15, -0.1) is 0 Å². The average molecular weight is 569 g/mol. The number of halogens is 9. The third-order valence-corrected chi connectivity index (χ3v) is 6.54. The Morgan fingerprint density at radius 1 is 0.737 bits per heavy atom. The van der Waals surface area contributed by atoms with Crippen LogP contribution in [-0.4, -0.2) is 52.2 Å². The Kier molecular flexibility index (Phi) is 9.26. The highest BCUT2D eigenvalue weighted by molar-refractivity contribution is 5.67. The molecule has 0 radical (unpaired) electrons. The summed E-state index contributed by atoms with van der Waals surface area (Å²) in [6.45, 7) is 12.1. The molecule has 0 fully saturated rings. The van der Waals surface area contributed by atoms with Crippen LogP contribution in [0.15, 0.2) is 24.8 Å². The Balaban J connectivity index is 3.75. The number of aliphatic hydroxyl groups is 2. The van der Waals surface area contributed by atoms with Gasteiger partial charge in [-0.1, -0.05) is 30.4 Å². The van der Waals surface area contributed by atoms with Gasteiger partial charge < -0.3 is 19.7 Å². The zero-order valence-corrected chi connectivity index (χ0v) is 22.2. The number of hydrogen-bond acceptors (Lipinski definition) is 4. The minimum absolute atomic E-state index is 0.0413. The normalized spacial score (nSPS) is 17.7. The summed E-state index contributed by atoms with van der Waals surface area (Å²) >= 11 is 0. The molecule has 3 unspecified atom stereocenters. The molecule has 0 saturated carbocycles. The second-order valence-corrected chi connectivity index (χ2v) is 10.5. The fourth-order valence-corrected chi connectivity index (χ4v) is 4.12. The lowest BCUT2D eigenvalue weighted by atomic mass is 9.80. The monoisotopic (exact) mass is 568 g/mol. The van der Waals surface area contributed by atoms with Crippen LogP contribution in [0, 0.1) is 0 Å². The van der Waals surface area contributed by atoms with Gasteiger partial charge in [-0.3, -0.25) is 0 Å². The minimum atomic E-state index is -6.15. The smallest absolute Gasteiger partial charge is 0.379 e. The third-order valence-electron chi connectivity index (χ3n) is 6.54. The highest BCUT2D eigenvalue weighted by atomic mass is 19.4. The topological polar surface area (TPSA) is 58.9 Å². The first-order valence-corrected chi connectivity index (χ1v) is 11.4. The largest absolute Gasteiger partial charge is 0.428 e. The molecule has 0 aliphatic rings. The van der Waals surface area contributed by atoms with Gasteiger partial charge in [-0.2, -0.15) is 39.5 Å². The van der Waals surface area contributed by atoms with Crippen LogP contribution in [0.2, 0.25) is 0 Å². The Labute approximate surface area is 215 Å². The Bertz CT molecular complexity index is 992. The molecule has 3 atom stereocenters. The fraction of sp³-hybridized carbons (Fsp3) is 0.680. The lowest BCUT2D eigenvalue weighted by Gasteiger charge is -2.43. The van der Waals surface area contributed by atoms with E-state index in [4.69, 9.17) is 9.47 Å².